The van der Waals surface area contributed by atoms with Gasteiger partial charge in [0.25, 0.3) is 0 Å². The van der Waals surface area contributed by atoms with Crippen LogP contribution in [0.2, 0.25) is 0 Å². The van der Waals surface area contributed by atoms with Crippen LogP contribution >= 0.6 is 0 Å². The predicted octanol–water partition coefficient (Wildman–Crippen LogP) is -0.576. The van der Waals surface area contributed by atoms with E-state index in [0.717, 1.165) is 0 Å². The first-order valence-electron chi connectivity index (χ1n) is 1.53. The van der Waals surface area contributed by atoms with E-state index in [1.54, 1.807) is 0 Å². The maximum absolute atomic E-state index is 9.60. The fourth-order valence-corrected chi connectivity index (χ4v) is 0. The molecular formula is C2H5O2SY3-. The second-order valence-corrected chi connectivity index (χ2v) is 1.52. The van der Waals surface area contributed by atoms with Crippen molar-refractivity contribution < 1.29 is 107 Å². The van der Waals surface area contributed by atoms with Crippen molar-refractivity contribution in [2.75, 3.05) is 5.75 Å². The third-order valence-electron chi connectivity index (χ3n) is 0.167. The largest absolute Gasteiger partial charge is 0.329 e. The quantitative estimate of drug-likeness (QED) is 0.502. The molecule has 41 valence electrons. The molecule has 0 N–H and O–H groups in total. The Morgan fingerprint density at radius 1 is 1.38 bits per heavy atom. The third kappa shape index (κ3) is 22.8. The molecule has 0 aliphatic carbocycles. The zero-order valence-electron chi connectivity index (χ0n) is 5.37. The molecule has 0 saturated carbocycles. The topological polar surface area (TPSA) is 34.1 Å². The van der Waals surface area contributed by atoms with Crippen LogP contribution in [0.25, 0.3) is 0 Å². The van der Waals surface area contributed by atoms with Crippen LogP contribution in [-0.2, 0) is 109 Å². The summed E-state index contributed by atoms with van der Waals surface area (Å²) in [6.45, 7) is 2.98. The van der Waals surface area contributed by atoms with Gasteiger partial charge in [0.1, 0.15) is 10.6 Å². The molecule has 0 bridgehead atoms. The van der Waals surface area contributed by atoms with E-state index in [1.807, 2.05) is 0 Å². The molecule has 0 aliphatic rings. The standard InChI is InChI=1S/C2H5O2S.3Y/c1-2-5(3)4;;;/h5H,1-2H2;;;/q-1;;;/i5D;;;. The Hall–Kier alpha value is 3.26. The van der Waals surface area contributed by atoms with Gasteiger partial charge in [-0.2, -0.15) is 0 Å². The molecule has 0 aromatic rings. The smallest absolute Gasteiger partial charge is 0.171 e. The molecule has 8 heavy (non-hydrogen) atoms. The van der Waals surface area contributed by atoms with Gasteiger partial charge in [-0.15, -0.1) is 0 Å². The zero-order valence-corrected chi connectivity index (χ0v) is 13.7. The molecule has 0 unspecified atom stereocenters. The van der Waals surface area contributed by atoms with Crippen molar-refractivity contribution in [2.24, 2.45) is 0 Å². The molecule has 0 fully saturated rings. The van der Waals surface area contributed by atoms with Gasteiger partial charge >= 0.3 is 0 Å². The molecule has 0 heterocycles. The fourth-order valence-electron chi connectivity index (χ4n) is 0. The first kappa shape index (κ1) is 17.4. The van der Waals surface area contributed by atoms with E-state index >= 15 is 0 Å². The van der Waals surface area contributed by atoms with Crippen LogP contribution in [0.3, 0.4) is 0 Å². The molecule has 2 nitrogen and oxygen atoms in total. The Kier molecular flexibility index (Phi) is 36.3. The number of hydrogen-bond acceptors (Lipinski definition) is 2. The molecule has 0 atom stereocenters. The molecule has 3 radical (unpaired) electrons. The summed E-state index contributed by atoms with van der Waals surface area (Å²) in [5.74, 6) is -0.340. The van der Waals surface area contributed by atoms with Crippen molar-refractivity contribution in [3.8, 4) is 0 Å². The van der Waals surface area contributed by atoms with E-state index in [-0.39, 0.29) is 104 Å². The maximum Gasteiger partial charge on any atom is 0.171 e. The SMILES string of the molecule is [2H]S(=O)(=O)C[CH2-].[Y].[Y].[Y]. The van der Waals surface area contributed by atoms with Crippen molar-refractivity contribution in [1.82, 2.24) is 0 Å². The van der Waals surface area contributed by atoms with Gasteiger partial charge in [-0.05, 0) is 0 Å². The average Bonchev–Trinajstić information content (AvgIpc) is 1.35. The molecule has 0 aromatic carbocycles. The van der Waals surface area contributed by atoms with Gasteiger partial charge in [0, 0.05) is 98.1 Å². The van der Waals surface area contributed by atoms with Crippen molar-refractivity contribution in [3.05, 3.63) is 6.92 Å². The summed E-state index contributed by atoms with van der Waals surface area (Å²) in [6.07, 6.45) is 0. The van der Waals surface area contributed by atoms with Crippen LogP contribution in [0.15, 0.2) is 0 Å². The molecule has 0 saturated heterocycles. The second kappa shape index (κ2) is 16.7. The van der Waals surface area contributed by atoms with Crippen LogP contribution in [0, 0.1) is 6.92 Å². The van der Waals surface area contributed by atoms with Crippen molar-refractivity contribution in [3.63, 3.8) is 0 Å². The van der Waals surface area contributed by atoms with E-state index in [4.69, 9.17) is 1.12 Å². The summed E-state index contributed by atoms with van der Waals surface area (Å²) in [7, 11) is -3.52. The fraction of sp³-hybridized carbons (Fsp3) is 0.500. The zero-order chi connectivity index (χ0) is 5.21. The summed E-state index contributed by atoms with van der Waals surface area (Å²) in [5.41, 5.74) is 0. The molecule has 6 heteroatoms. The van der Waals surface area contributed by atoms with Crippen LogP contribution in [0.4, 0.5) is 0 Å². The van der Waals surface area contributed by atoms with Crippen molar-refractivity contribution in [2.45, 2.75) is 0 Å². The van der Waals surface area contributed by atoms with E-state index < -0.39 is 10.6 Å². The first-order valence-corrected chi connectivity index (χ1v) is 2.37. The number of hydrogen-bond donors (Lipinski definition) is 1. The Morgan fingerprint density at radius 3 is 1.50 bits per heavy atom. The Balaban J connectivity index is -0.0000000417. The van der Waals surface area contributed by atoms with E-state index in [1.165, 1.54) is 0 Å². The normalized spacial score (nSPS) is 8.88. The summed E-state index contributed by atoms with van der Waals surface area (Å²) in [5, 5.41) is 0. The van der Waals surface area contributed by atoms with Crippen LogP contribution in [0.1, 0.15) is 0 Å². The van der Waals surface area contributed by atoms with Crippen LogP contribution in [0.5, 0.6) is 0 Å². The Labute approximate surface area is 128 Å². The first-order chi connectivity index (χ1) is 2.56. The van der Waals surface area contributed by atoms with E-state index in [0.29, 0.717) is 0 Å². The van der Waals surface area contributed by atoms with Gasteiger partial charge in [0.15, 0.2) is 1.12 Å². The molecule has 0 spiro atoms. The monoisotopic (exact) mass is 361 g/mol. The summed E-state index contributed by atoms with van der Waals surface area (Å²) in [4.78, 5) is 0. The van der Waals surface area contributed by atoms with Crippen LogP contribution in [-0.4, -0.2) is 15.3 Å². The summed E-state index contributed by atoms with van der Waals surface area (Å²) in [6, 6.07) is 0. The van der Waals surface area contributed by atoms with Gasteiger partial charge < -0.3 is 6.92 Å². The third-order valence-corrected chi connectivity index (χ3v) is 0.500. The molecule has 0 aliphatic heterocycles. The van der Waals surface area contributed by atoms with Gasteiger partial charge in [-0.25, -0.2) is 8.42 Å². The van der Waals surface area contributed by atoms with Gasteiger partial charge in [0.05, 0.1) is 0 Å². The average molecular weight is 361 g/mol. The minimum Gasteiger partial charge on any atom is -0.329 e. The summed E-state index contributed by atoms with van der Waals surface area (Å²) >= 11 is 0. The predicted molar refractivity (Wildman–Crippen MR) is 20.5 cm³/mol. The Morgan fingerprint density at radius 2 is 1.50 bits per heavy atom. The minimum atomic E-state index is -3.52. The van der Waals surface area contributed by atoms with E-state index in [2.05, 4.69) is 6.92 Å². The molecule has 0 amide bonds. The maximum atomic E-state index is 9.60. The summed E-state index contributed by atoms with van der Waals surface area (Å²) < 4.78 is 25.3. The van der Waals surface area contributed by atoms with Gasteiger partial charge in [-0.1, -0.05) is 5.75 Å². The second-order valence-electron chi connectivity index (χ2n) is 0.508. The molecular weight excluding hydrogens is 355 g/mol. The molecule has 0 rings (SSSR count). The van der Waals surface area contributed by atoms with Gasteiger partial charge in [0.2, 0.25) is 0 Å². The van der Waals surface area contributed by atoms with Crippen molar-refractivity contribution >= 4 is 10.6 Å². The van der Waals surface area contributed by atoms with Crippen molar-refractivity contribution in [1.29, 1.82) is 1.12 Å². The molecule has 0 aromatic heterocycles. The van der Waals surface area contributed by atoms with Crippen LogP contribution < -0.4 is 0 Å². The van der Waals surface area contributed by atoms with E-state index in [9.17, 15) is 8.42 Å². The van der Waals surface area contributed by atoms with Gasteiger partial charge in [-0.3, -0.25) is 0 Å². The number of rotatable bonds is 1. The number of thiol groups is 1. The minimum absolute atomic E-state index is 0. The Bertz CT molecular complexity index is 122.